The van der Waals surface area contributed by atoms with E-state index in [1.807, 2.05) is 71.6 Å². The first-order chi connectivity index (χ1) is 16.7. The van der Waals surface area contributed by atoms with E-state index in [2.05, 4.69) is 11.0 Å². The molecule has 1 saturated heterocycles. The molecule has 1 amide bonds. The van der Waals surface area contributed by atoms with Gasteiger partial charge in [0.25, 0.3) is 5.91 Å². The molecule has 0 atom stereocenters. The summed E-state index contributed by atoms with van der Waals surface area (Å²) in [7, 11) is 0. The first kappa shape index (κ1) is 20.8. The van der Waals surface area contributed by atoms with Crippen LogP contribution < -0.4 is 14.4 Å². The summed E-state index contributed by atoms with van der Waals surface area (Å²) >= 11 is 6.16. The molecule has 3 aromatic carbocycles. The number of hydrogen-bond donors (Lipinski definition) is 0. The molecule has 0 unspecified atom stereocenters. The van der Waals surface area contributed by atoms with Crippen molar-refractivity contribution in [1.29, 1.82) is 0 Å². The number of fused-ring (bicyclic) bond motifs is 2. The van der Waals surface area contributed by atoms with Crippen LogP contribution in [0.25, 0.3) is 22.2 Å². The largest absolute Gasteiger partial charge is 0.454 e. The monoisotopic (exact) mass is 471 g/mol. The van der Waals surface area contributed by atoms with Crippen molar-refractivity contribution in [3.05, 3.63) is 83.4 Å². The van der Waals surface area contributed by atoms with E-state index in [9.17, 15) is 4.79 Å². The van der Waals surface area contributed by atoms with Gasteiger partial charge in [-0.15, -0.1) is 0 Å². The van der Waals surface area contributed by atoms with Gasteiger partial charge in [-0.05, 0) is 48.5 Å². The number of piperazine rings is 1. The van der Waals surface area contributed by atoms with Gasteiger partial charge in [0, 0.05) is 47.8 Å². The number of aromatic nitrogens is 1. The van der Waals surface area contributed by atoms with Crippen LogP contribution in [0.15, 0.2) is 72.8 Å². The Kier molecular flexibility index (Phi) is 5.23. The lowest BCUT2D eigenvalue weighted by Gasteiger charge is -2.36. The molecule has 6 nitrogen and oxygen atoms in total. The molecule has 2 aliphatic rings. The molecule has 0 aliphatic carbocycles. The highest BCUT2D eigenvalue weighted by Crippen LogP contribution is 2.36. The van der Waals surface area contributed by atoms with Gasteiger partial charge in [-0.1, -0.05) is 35.9 Å². The highest BCUT2D eigenvalue weighted by molar-refractivity contribution is 6.30. The number of nitrogens with zero attached hydrogens (tertiary/aromatic N) is 3. The van der Waals surface area contributed by atoms with Gasteiger partial charge in [-0.3, -0.25) is 4.79 Å². The molecule has 1 aromatic heterocycles. The summed E-state index contributed by atoms with van der Waals surface area (Å²) in [6.07, 6.45) is 0. The number of ether oxygens (including phenoxy) is 2. The van der Waals surface area contributed by atoms with Crippen LogP contribution in [-0.2, 0) is 0 Å². The van der Waals surface area contributed by atoms with Gasteiger partial charge in [0.15, 0.2) is 11.5 Å². The van der Waals surface area contributed by atoms with Crippen LogP contribution in [0.4, 0.5) is 5.69 Å². The summed E-state index contributed by atoms with van der Waals surface area (Å²) in [5, 5.41) is 1.57. The molecule has 0 N–H and O–H groups in total. The Balaban J connectivity index is 1.30. The Labute approximate surface area is 202 Å². The average molecular weight is 472 g/mol. The molecule has 0 bridgehead atoms. The highest BCUT2D eigenvalue weighted by atomic mass is 35.5. The molecule has 0 spiro atoms. The van der Waals surface area contributed by atoms with Crippen molar-refractivity contribution in [3.63, 3.8) is 0 Å². The number of hydrogen-bond acceptors (Lipinski definition) is 5. The average Bonchev–Trinajstić information content (AvgIpc) is 3.36. The van der Waals surface area contributed by atoms with Crippen LogP contribution in [0.2, 0.25) is 5.02 Å². The molecule has 0 saturated carbocycles. The van der Waals surface area contributed by atoms with Crippen LogP contribution in [0.3, 0.4) is 0 Å². The quantitative estimate of drug-likeness (QED) is 0.408. The van der Waals surface area contributed by atoms with Crippen molar-refractivity contribution < 1.29 is 14.3 Å². The van der Waals surface area contributed by atoms with E-state index in [1.54, 1.807) is 0 Å². The smallest absolute Gasteiger partial charge is 0.254 e. The molecule has 7 heteroatoms. The summed E-state index contributed by atoms with van der Waals surface area (Å²) in [5.41, 5.74) is 4.15. The second-order valence-electron chi connectivity index (χ2n) is 8.40. The van der Waals surface area contributed by atoms with Crippen molar-refractivity contribution in [2.24, 2.45) is 0 Å². The number of anilines is 1. The van der Waals surface area contributed by atoms with Crippen LogP contribution in [0.1, 0.15) is 10.4 Å². The molecule has 6 rings (SSSR count). The van der Waals surface area contributed by atoms with Gasteiger partial charge in [-0.2, -0.15) is 0 Å². The molecule has 170 valence electrons. The van der Waals surface area contributed by atoms with E-state index in [0.29, 0.717) is 24.4 Å². The molecule has 2 aliphatic heterocycles. The van der Waals surface area contributed by atoms with Gasteiger partial charge in [0.1, 0.15) is 0 Å². The fraction of sp³-hybridized carbons (Fsp3) is 0.185. The summed E-state index contributed by atoms with van der Waals surface area (Å²) in [4.78, 5) is 22.7. The van der Waals surface area contributed by atoms with Crippen LogP contribution >= 0.6 is 11.6 Å². The summed E-state index contributed by atoms with van der Waals surface area (Å²) in [6, 6.07) is 23.3. The molecule has 4 aromatic rings. The minimum absolute atomic E-state index is 0.0198. The number of benzene rings is 3. The van der Waals surface area contributed by atoms with Crippen molar-refractivity contribution in [2.45, 2.75) is 0 Å². The molecule has 0 radical (unpaired) electrons. The Morgan fingerprint density at radius 3 is 2.53 bits per heavy atom. The predicted octanol–water partition coefficient (Wildman–Crippen LogP) is 5.25. The van der Waals surface area contributed by atoms with Gasteiger partial charge in [0.2, 0.25) is 6.79 Å². The maximum absolute atomic E-state index is 13.7. The van der Waals surface area contributed by atoms with Crippen molar-refractivity contribution >= 4 is 34.1 Å². The van der Waals surface area contributed by atoms with Crippen molar-refractivity contribution in [2.75, 3.05) is 37.9 Å². The van der Waals surface area contributed by atoms with Gasteiger partial charge in [-0.25, -0.2) is 4.98 Å². The van der Waals surface area contributed by atoms with Gasteiger partial charge < -0.3 is 19.3 Å². The lowest BCUT2D eigenvalue weighted by molar-refractivity contribution is 0.0748. The molecular weight excluding hydrogens is 450 g/mol. The van der Waals surface area contributed by atoms with E-state index in [1.165, 1.54) is 0 Å². The maximum Gasteiger partial charge on any atom is 0.254 e. The Hall–Kier alpha value is -3.77. The number of carbonyl (C=O) groups excluding carboxylic acids is 1. The van der Waals surface area contributed by atoms with E-state index in [4.69, 9.17) is 26.1 Å². The van der Waals surface area contributed by atoms with Crippen LogP contribution in [-0.4, -0.2) is 48.8 Å². The first-order valence-electron chi connectivity index (χ1n) is 11.3. The first-order valence-corrected chi connectivity index (χ1v) is 11.6. The lowest BCUT2D eigenvalue weighted by atomic mass is 10.0. The molecule has 34 heavy (non-hydrogen) atoms. The van der Waals surface area contributed by atoms with Crippen LogP contribution in [0, 0.1) is 0 Å². The van der Waals surface area contributed by atoms with E-state index in [-0.39, 0.29) is 12.7 Å². The Morgan fingerprint density at radius 1 is 0.853 bits per heavy atom. The third kappa shape index (κ3) is 3.80. The number of para-hydroxylation sites is 1. The molecular formula is C27H22ClN3O3. The zero-order valence-electron chi connectivity index (χ0n) is 18.4. The fourth-order valence-corrected chi connectivity index (χ4v) is 4.75. The summed E-state index contributed by atoms with van der Waals surface area (Å²) in [6.45, 7) is 3.01. The number of carbonyl (C=O) groups is 1. The van der Waals surface area contributed by atoms with E-state index >= 15 is 0 Å². The van der Waals surface area contributed by atoms with Gasteiger partial charge >= 0.3 is 0 Å². The minimum atomic E-state index is 0.0198. The molecule has 3 heterocycles. The SMILES string of the molecule is O=C(c1cc(-c2ccc3c(c2)OCO3)nc2ccccc12)N1CCN(c2cccc(Cl)c2)CC1. The normalized spacial score (nSPS) is 15.1. The van der Waals surface area contributed by atoms with E-state index < -0.39 is 0 Å². The summed E-state index contributed by atoms with van der Waals surface area (Å²) in [5.74, 6) is 1.43. The van der Waals surface area contributed by atoms with Gasteiger partial charge in [0.05, 0.1) is 16.8 Å². The van der Waals surface area contributed by atoms with Crippen molar-refractivity contribution in [1.82, 2.24) is 9.88 Å². The fourth-order valence-electron chi connectivity index (χ4n) is 4.57. The highest BCUT2D eigenvalue weighted by Gasteiger charge is 2.25. The molecule has 1 fully saturated rings. The number of rotatable bonds is 3. The third-order valence-electron chi connectivity index (χ3n) is 6.36. The topological polar surface area (TPSA) is 54.9 Å². The van der Waals surface area contributed by atoms with Crippen molar-refractivity contribution in [3.8, 4) is 22.8 Å². The number of pyridine rings is 1. The Morgan fingerprint density at radius 2 is 1.68 bits per heavy atom. The zero-order chi connectivity index (χ0) is 23.1. The lowest BCUT2D eigenvalue weighted by Crippen LogP contribution is -2.48. The number of amides is 1. The minimum Gasteiger partial charge on any atom is -0.454 e. The second-order valence-corrected chi connectivity index (χ2v) is 8.84. The van der Waals surface area contributed by atoms with Crippen LogP contribution in [0.5, 0.6) is 11.5 Å². The Bertz CT molecular complexity index is 1400. The third-order valence-corrected chi connectivity index (χ3v) is 6.59. The maximum atomic E-state index is 13.7. The summed E-state index contributed by atoms with van der Waals surface area (Å²) < 4.78 is 11.0. The predicted molar refractivity (Wildman–Crippen MR) is 133 cm³/mol. The standard InChI is InChI=1S/C27H22ClN3O3/c28-19-4-3-5-20(15-19)30-10-12-31(13-11-30)27(32)22-16-24(29-23-7-2-1-6-21(22)23)18-8-9-25-26(14-18)34-17-33-25/h1-9,14-16H,10-13,17H2. The second kappa shape index (κ2) is 8.54. The number of halogens is 1. The zero-order valence-corrected chi connectivity index (χ0v) is 19.2. The van der Waals surface area contributed by atoms with E-state index in [0.717, 1.165) is 51.7 Å².